The molecule has 0 radical (unpaired) electrons. The van der Waals surface area contributed by atoms with Crippen LogP contribution >= 0.6 is 15.9 Å². The van der Waals surface area contributed by atoms with Gasteiger partial charge in [0.05, 0.1) is 11.2 Å². The summed E-state index contributed by atoms with van der Waals surface area (Å²) in [4.78, 5) is 4.83. The molecule has 1 aromatic heterocycles. The second-order valence-electron chi connectivity index (χ2n) is 5.26. The number of aryl methyl sites for hydroxylation is 2. The number of pyridine rings is 1. The van der Waals surface area contributed by atoms with E-state index in [1.54, 1.807) is 0 Å². The highest BCUT2D eigenvalue weighted by Crippen LogP contribution is 2.38. The Hall–Kier alpha value is -1.09. The van der Waals surface area contributed by atoms with Gasteiger partial charge in [-0.05, 0) is 43.9 Å². The summed E-state index contributed by atoms with van der Waals surface area (Å²) in [6.45, 7) is 11.7. The molecule has 0 saturated carbocycles. The predicted molar refractivity (Wildman–Crippen MR) is 87.2 cm³/mol. The molecule has 0 unspecified atom stereocenters. The summed E-state index contributed by atoms with van der Waals surface area (Å²) < 4.78 is 1.11. The third-order valence-corrected chi connectivity index (χ3v) is 4.11. The maximum Gasteiger partial charge on any atom is 0.0766 e. The minimum atomic E-state index is 0.457. The lowest BCUT2D eigenvalue weighted by atomic mass is 9.95. The molecule has 0 aliphatic rings. The number of hydrogen-bond donors (Lipinski definition) is 1. The lowest BCUT2D eigenvalue weighted by molar-refractivity contribution is 0.847. The summed E-state index contributed by atoms with van der Waals surface area (Å²) in [7, 11) is 0. The fourth-order valence-electron chi connectivity index (χ4n) is 2.66. The van der Waals surface area contributed by atoms with E-state index in [4.69, 9.17) is 4.98 Å². The number of halogens is 1. The predicted octanol–water partition coefficient (Wildman–Crippen LogP) is 5.17. The zero-order valence-corrected chi connectivity index (χ0v) is 13.9. The molecule has 2 aromatic rings. The first-order valence-corrected chi connectivity index (χ1v) is 7.59. The molecule has 2 rings (SSSR count). The average Bonchev–Trinajstić information content (AvgIpc) is 2.33. The van der Waals surface area contributed by atoms with E-state index in [1.165, 1.54) is 22.2 Å². The van der Waals surface area contributed by atoms with E-state index in [-0.39, 0.29) is 0 Å². The molecule has 0 spiro atoms. The average molecular weight is 321 g/mol. The van der Waals surface area contributed by atoms with Gasteiger partial charge in [-0.15, -0.1) is 0 Å². The van der Waals surface area contributed by atoms with Crippen LogP contribution in [0.5, 0.6) is 0 Å². The van der Waals surface area contributed by atoms with Crippen LogP contribution in [0.2, 0.25) is 0 Å². The van der Waals surface area contributed by atoms with Crippen molar-refractivity contribution in [2.75, 3.05) is 11.9 Å². The summed E-state index contributed by atoms with van der Waals surface area (Å²) in [5, 5.41) is 4.74. The van der Waals surface area contributed by atoms with Crippen LogP contribution in [0.15, 0.2) is 16.6 Å². The lowest BCUT2D eigenvalue weighted by Gasteiger charge is -2.20. The van der Waals surface area contributed by atoms with Crippen LogP contribution in [0.4, 0.5) is 5.69 Å². The Labute approximate surface area is 123 Å². The molecule has 0 aliphatic heterocycles. The van der Waals surface area contributed by atoms with Gasteiger partial charge in [0.2, 0.25) is 0 Å². The molecule has 1 N–H and O–H groups in total. The Morgan fingerprint density at radius 3 is 2.53 bits per heavy atom. The molecule has 19 heavy (non-hydrogen) atoms. The van der Waals surface area contributed by atoms with Gasteiger partial charge in [0.15, 0.2) is 0 Å². The topological polar surface area (TPSA) is 24.9 Å². The van der Waals surface area contributed by atoms with E-state index < -0.39 is 0 Å². The van der Waals surface area contributed by atoms with Crippen molar-refractivity contribution in [2.24, 2.45) is 0 Å². The maximum absolute atomic E-state index is 4.83. The molecule has 1 heterocycles. The van der Waals surface area contributed by atoms with Gasteiger partial charge in [0.1, 0.15) is 0 Å². The number of benzene rings is 1. The van der Waals surface area contributed by atoms with Crippen LogP contribution in [-0.4, -0.2) is 11.5 Å². The molecule has 0 saturated heterocycles. The number of fused-ring (bicyclic) bond motifs is 1. The van der Waals surface area contributed by atoms with Crippen molar-refractivity contribution in [1.29, 1.82) is 0 Å². The van der Waals surface area contributed by atoms with Crippen LogP contribution in [0.3, 0.4) is 0 Å². The summed E-state index contributed by atoms with van der Waals surface area (Å²) in [5.74, 6) is 0.457. The molecule has 0 fully saturated rings. The van der Waals surface area contributed by atoms with E-state index in [1.807, 2.05) is 0 Å². The quantitative estimate of drug-likeness (QED) is 0.843. The molecular formula is C16H21BrN2. The van der Waals surface area contributed by atoms with Gasteiger partial charge in [-0.2, -0.15) is 0 Å². The maximum atomic E-state index is 4.83. The van der Waals surface area contributed by atoms with Gasteiger partial charge in [0, 0.05) is 22.1 Å². The van der Waals surface area contributed by atoms with E-state index >= 15 is 0 Å². The van der Waals surface area contributed by atoms with Crippen LogP contribution in [0.25, 0.3) is 10.9 Å². The highest BCUT2D eigenvalue weighted by molar-refractivity contribution is 9.10. The van der Waals surface area contributed by atoms with E-state index in [2.05, 4.69) is 68.0 Å². The van der Waals surface area contributed by atoms with Gasteiger partial charge in [-0.3, -0.25) is 4.98 Å². The van der Waals surface area contributed by atoms with Gasteiger partial charge >= 0.3 is 0 Å². The van der Waals surface area contributed by atoms with Gasteiger partial charge in [-0.25, -0.2) is 0 Å². The van der Waals surface area contributed by atoms with Crippen LogP contribution < -0.4 is 5.32 Å². The zero-order valence-electron chi connectivity index (χ0n) is 12.3. The molecule has 102 valence electrons. The normalized spacial score (nSPS) is 11.3. The third-order valence-electron chi connectivity index (χ3n) is 3.45. The van der Waals surface area contributed by atoms with Crippen molar-refractivity contribution in [3.05, 3.63) is 33.4 Å². The van der Waals surface area contributed by atoms with Crippen LogP contribution in [0.1, 0.15) is 43.5 Å². The largest absolute Gasteiger partial charge is 0.384 e. The van der Waals surface area contributed by atoms with E-state index in [9.17, 15) is 0 Å². The van der Waals surface area contributed by atoms with Crippen molar-refractivity contribution in [1.82, 2.24) is 4.98 Å². The smallest absolute Gasteiger partial charge is 0.0766 e. The SMILES string of the molecule is CCNc1c(C(C)C)c(C)nc2c(C)ccc(Br)c12. The van der Waals surface area contributed by atoms with Crippen LogP contribution in [-0.2, 0) is 0 Å². The molecule has 0 bridgehead atoms. The molecule has 0 atom stereocenters. The van der Waals surface area contributed by atoms with Gasteiger partial charge in [0.25, 0.3) is 0 Å². The van der Waals surface area contributed by atoms with Crippen molar-refractivity contribution >= 4 is 32.5 Å². The second-order valence-corrected chi connectivity index (χ2v) is 6.11. The summed E-state index contributed by atoms with van der Waals surface area (Å²) >= 11 is 3.68. The fraction of sp³-hybridized carbons (Fsp3) is 0.438. The monoisotopic (exact) mass is 320 g/mol. The first kappa shape index (κ1) is 14.3. The molecule has 0 aliphatic carbocycles. The first-order valence-electron chi connectivity index (χ1n) is 6.80. The minimum Gasteiger partial charge on any atom is -0.384 e. The standard InChI is InChI=1S/C16H21BrN2/c1-6-18-16-13(9(2)3)11(5)19-15-10(4)7-8-12(17)14(15)16/h7-9H,6H2,1-5H3,(H,18,19). The number of nitrogens with zero attached hydrogens (tertiary/aromatic N) is 1. The number of anilines is 1. The Morgan fingerprint density at radius 2 is 1.95 bits per heavy atom. The number of nitrogens with one attached hydrogen (secondary N) is 1. The van der Waals surface area contributed by atoms with Crippen LogP contribution in [0, 0.1) is 13.8 Å². The molecule has 0 amide bonds. The molecule has 1 aromatic carbocycles. The summed E-state index contributed by atoms with van der Waals surface area (Å²) in [6.07, 6.45) is 0. The Bertz CT molecular complexity index is 618. The third kappa shape index (κ3) is 2.48. The zero-order chi connectivity index (χ0) is 14.2. The minimum absolute atomic E-state index is 0.457. The lowest BCUT2D eigenvalue weighted by Crippen LogP contribution is -2.07. The summed E-state index contributed by atoms with van der Waals surface area (Å²) in [5.41, 5.74) is 5.99. The number of rotatable bonds is 3. The van der Waals surface area contributed by atoms with Crippen molar-refractivity contribution in [3.8, 4) is 0 Å². The first-order chi connectivity index (χ1) is 8.97. The Balaban J connectivity index is 2.94. The van der Waals surface area contributed by atoms with Crippen molar-refractivity contribution in [3.63, 3.8) is 0 Å². The summed E-state index contributed by atoms with van der Waals surface area (Å²) in [6, 6.07) is 4.23. The Morgan fingerprint density at radius 1 is 1.26 bits per heavy atom. The number of aromatic nitrogens is 1. The van der Waals surface area contributed by atoms with Crippen molar-refractivity contribution < 1.29 is 0 Å². The van der Waals surface area contributed by atoms with Gasteiger partial charge in [-0.1, -0.05) is 35.8 Å². The van der Waals surface area contributed by atoms with Gasteiger partial charge < -0.3 is 5.32 Å². The molecule has 2 nitrogen and oxygen atoms in total. The van der Waals surface area contributed by atoms with E-state index in [0.717, 1.165) is 22.2 Å². The fourth-order valence-corrected chi connectivity index (χ4v) is 3.18. The Kier molecular flexibility index (Phi) is 4.14. The second kappa shape index (κ2) is 5.49. The number of hydrogen-bond acceptors (Lipinski definition) is 2. The molecule has 3 heteroatoms. The molecular weight excluding hydrogens is 300 g/mol. The highest BCUT2D eigenvalue weighted by atomic mass is 79.9. The van der Waals surface area contributed by atoms with E-state index in [0.29, 0.717) is 5.92 Å². The highest BCUT2D eigenvalue weighted by Gasteiger charge is 2.17. The van der Waals surface area contributed by atoms with Crippen molar-refractivity contribution in [2.45, 2.75) is 40.5 Å².